The molecule has 6 heteroatoms. The molecule has 72 valence electrons. The summed E-state index contributed by atoms with van der Waals surface area (Å²) in [7, 11) is 1.86. The average Bonchev–Trinajstić information content (AvgIpc) is 2.54. The van der Waals surface area contributed by atoms with Crippen molar-refractivity contribution in [1.82, 2.24) is 20.2 Å². The van der Waals surface area contributed by atoms with Gasteiger partial charge < -0.3 is 4.74 Å². The van der Waals surface area contributed by atoms with Crippen LogP contribution in [0, 0.1) is 0 Å². The molecule has 0 amide bonds. The molecule has 1 aliphatic rings. The summed E-state index contributed by atoms with van der Waals surface area (Å²) in [6.45, 7) is 1.73. The van der Waals surface area contributed by atoms with Crippen molar-refractivity contribution in [3.8, 4) is 0 Å². The Kier molecular flexibility index (Phi) is 2.80. The number of hydrogen-bond acceptors (Lipinski definition) is 5. The Morgan fingerprint density at radius 2 is 2.23 bits per heavy atom. The van der Waals surface area contributed by atoms with Crippen LogP contribution in [0.25, 0.3) is 0 Å². The molecule has 0 N–H and O–H groups in total. The minimum absolute atomic E-state index is 0.610. The van der Waals surface area contributed by atoms with Crippen molar-refractivity contribution >= 4 is 11.8 Å². The first-order valence-electron chi connectivity index (χ1n) is 4.33. The van der Waals surface area contributed by atoms with Crippen molar-refractivity contribution in [2.75, 3.05) is 13.2 Å². The van der Waals surface area contributed by atoms with E-state index in [0.717, 1.165) is 31.2 Å². The van der Waals surface area contributed by atoms with Crippen molar-refractivity contribution in [3.63, 3.8) is 0 Å². The van der Waals surface area contributed by atoms with Crippen LogP contribution in [0.2, 0.25) is 0 Å². The topological polar surface area (TPSA) is 52.8 Å². The van der Waals surface area contributed by atoms with Crippen molar-refractivity contribution in [3.05, 3.63) is 0 Å². The van der Waals surface area contributed by atoms with Gasteiger partial charge in [0.25, 0.3) is 0 Å². The lowest BCUT2D eigenvalue weighted by Crippen LogP contribution is -2.17. The van der Waals surface area contributed by atoms with Crippen molar-refractivity contribution in [2.24, 2.45) is 7.05 Å². The highest BCUT2D eigenvalue weighted by Gasteiger charge is 2.17. The van der Waals surface area contributed by atoms with Gasteiger partial charge in [-0.3, -0.25) is 0 Å². The SMILES string of the molecule is Cn1nnnc1SC1CCOCC1. The molecule has 0 saturated carbocycles. The first kappa shape index (κ1) is 8.96. The van der Waals surface area contributed by atoms with Gasteiger partial charge >= 0.3 is 0 Å². The second kappa shape index (κ2) is 4.06. The first-order valence-corrected chi connectivity index (χ1v) is 5.21. The van der Waals surface area contributed by atoms with E-state index < -0.39 is 0 Å². The third-order valence-electron chi connectivity index (χ3n) is 2.02. The zero-order valence-corrected chi connectivity index (χ0v) is 8.33. The molecule has 13 heavy (non-hydrogen) atoms. The maximum atomic E-state index is 5.28. The zero-order chi connectivity index (χ0) is 9.10. The molecule has 5 nitrogen and oxygen atoms in total. The van der Waals surface area contributed by atoms with Gasteiger partial charge in [0.15, 0.2) is 0 Å². The summed E-state index contributed by atoms with van der Waals surface area (Å²) in [6, 6.07) is 0. The van der Waals surface area contributed by atoms with Crippen molar-refractivity contribution in [2.45, 2.75) is 23.2 Å². The predicted octanol–water partition coefficient (Wildman–Crippen LogP) is 0.481. The number of aromatic nitrogens is 4. The van der Waals surface area contributed by atoms with Gasteiger partial charge in [0.2, 0.25) is 5.16 Å². The van der Waals surface area contributed by atoms with E-state index in [4.69, 9.17) is 4.74 Å². The molecule has 0 aromatic carbocycles. The highest BCUT2D eigenvalue weighted by Crippen LogP contribution is 2.26. The van der Waals surface area contributed by atoms with Gasteiger partial charge in [-0.15, -0.1) is 5.10 Å². The van der Waals surface area contributed by atoms with Crippen molar-refractivity contribution < 1.29 is 4.74 Å². The van der Waals surface area contributed by atoms with E-state index >= 15 is 0 Å². The van der Waals surface area contributed by atoms with E-state index in [0.29, 0.717) is 5.25 Å². The van der Waals surface area contributed by atoms with E-state index in [2.05, 4.69) is 15.5 Å². The number of aryl methyl sites for hydroxylation is 1. The van der Waals surface area contributed by atoms with Crippen LogP contribution >= 0.6 is 11.8 Å². The monoisotopic (exact) mass is 200 g/mol. The summed E-state index contributed by atoms with van der Waals surface area (Å²) >= 11 is 1.74. The molecule has 1 fully saturated rings. The van der Waals surface area contributed by atoms with Gasteiger partial charge in [-0.2, -0.15) is 0 Å². The summed E-state index contributed by atoms with van der Waals surface area (Å²) in [6.07, 6.45) is 2.19. The Balaban J connectivity index is 1.93. The lowest BCUT2D eigenvalue weighted by molar-refractivity contribution is 0.0999. The van der Waals surface area contributed by atoms with Gasteiger partial charge in [0, 0.05) is 25.5 Å². The van der Waals surface area contributed by atoms with E-state index in [-0.39, 0.29) is 0 Å². The molecule has 0 bridgehead atoms. The van der Waals surface area contributed by atoms with E-state index in [1.807, 2.05) is 7.05 Å². The number of nitrogens with zero attached hydrogens (tertiary/aromatic N) is 4. The number of hydrogen-bond donors (Lipinski definition) is 0. The largest absolute Gasteiger partial charge is 0.381 e. The Morgan fingerprint density at radius 3 is 2.85 bits per heavy atom. The minimum atomic E-state index is 0.610. The highest BCUT2D eigenvalue weighted by molar-refractivity contribution is 7.99. The number of ether oxygens (including phenoxy) is 1. The Hall–Kier alpha value is -0.620. The van der Waals surface area contributed by atoms with Gasteiger partial charge in [-0.1, -0.05) is 11.8 Å². The number of thioether (sulfide) groups is 1. The molecular formula is C7H12N4OS. The molecule has 1 aromatic rings. The van der Waals surface area contributed by atoms with Crippen LogP contribution in [0.5, 0.6) is 0 Å². The van der Waals surface area contributed by atoms with Crippen LogP contribution < -0.4 is 0 Å². The predicted molar refractivity (Wildman–Crippen MR) is 48.5 cm³/mol. The molecular weight excluding hydrogens is 188 g/mol. The Labute approximate surface area is 80.8 Å². The van der Waals surface area contributed by atoms with Crippen LogP contribution in [-0.2, 0) is 11.8 Å². The molecule has 1 saturated heterocycles. The standard InChI is InChI=1S/C7H12N4OS/c1-11-7(8-9-10-11)13-6-2-4-12-5-3-6/h6H,2-5H2,1H3. The van der Waals surface area contributed by atoms with Gasteiger partial charge in [0.05, 0.1) is 0 Å². The van der Waals surface area contributed by atoms with Gasteiger partial charge in [-0.05, 0) is 23.3 Å². The Bertz CT molecular complexity index is 271. The second-order valence-electron chi connectivity index (χ2n) is 3.01. The quantitative estimate of drug-likeness (QED) is 0.695. The normalized spacial score (nSPS) is 19.2. The summed E-state index contributed by atoms with van der Waals surface area (Å²) < 4.78 is 6.99. The van der Waals surface area contributed by atoms with Crippen LogP contribution in [0.1, 0.15) is 12.8 Å². The fourth-order valence-corrected chi connectivity index (χ4v) is 2.26. The van der Waals surface area contributed by atoms with E-state index in [9.17, 15) is 0 Å². The van der Waals surface area contributed by atoms with Gasteiger partial charge in [-0.25, -0.2) is 4.68 Å². The summed E-state index contributed by atoms with van der Waals surface area (Å²) in [4.78, 5) is 0. The molecule has 0 atom stereocenters. The summed E-state index contributed by atoms with van der Waals surface area (Å²) in [5.74, 6) is 0. The van der Waals surface area contributed by atoms with Crippen LogP contribution in [0.3, 0.4) is 0 Å². The zero-order valence-electron chi connectivity index (χ0n) is 7.51. The third kappa shape index (κ3) is 2.19. The smallest absolute Gasteiger partial charge is 0.209 e. The molecule has 0 unspecified atom stereocenters. The van der Waals surface area contributed by atoms with E-state index in [1.54, 1.807) is 16.4 Å². The molecule has 2 rings (SSSR count). The summed E-state index contributed by atoms with van der Waals surface area (Å²) in [5, 5.41) is 12.8. The van der Waals surface area contributed by atoms with Gasteiger partial charge in [0.1, 0.15) is 0 Å². The second-order valence-corrected chi connectivity index (χ2v) is 4.28. The van der Waals surface area contributed by atoms with Crippen LogP contribution in [-0.4, -0.2) is 38.7 Å². The molecule has 0 spiro atoms. The molecule has 2 heterocycles. The highest BCUT2D eigenvalue weighted by atomic mass is 32.2. The minimum Gasteiger partial charge on any atom is -0.381 e. The first-order chi connectivity index (χ1) is 6.36. The van der Waals surface area contributed by atoms with E-state index in [1.165, 1.54) is 0 Å². The maximum absolute atomic E-state index is 5.28. The van der Waals surface area contributed by atoms with Crippen molar-refractivity contribution in [1.29, 1.82) is 0 Å². The Morgan fingerprint density at radius 1 is 1.46 bits per heavy atom. The molecule has 1 aliphatic heterocycles. The molecule has 0 radical (unpaired) electrons. The summed E-state index contributed by atoms with van der Waals surface area (Å²) in [5.41, 5.74) is 0. The third-order valence-corrected chi connectivity index (χ3v) is 3.38. The van der Waals surface area contributed by atoms with Crippen LogP contribution in [0.4, 0.5) is 0 Å². The molecule has 0 aliphatic carbocycles. The average molecular weight is 200 g/mol. The fourth-order valence-electron chi connectivity index (χ4n) is 1.26. The molecule has 1 aromatic heterocycles. The number of rotatable bonds is 2. The van der Waals surface area contributed by atoms with Crippen LogP contribution in [0.15, 0.2) is 5.16 Å². The fraction of sp³-hybridized carbons (Fsp3) is 0.857. The lowest BCUT2D eigenvalue weighted by Gasteiger charge is -2.20. The maximum Gasteiger partial charge on any atom is 0.209 e. The lowest BCUT2D eigenvalue weighted by atomic mass is 10.2. The number of tetrazole rings is 1.